The number of hydrogen-bond acceptors (Lipinski definition) is 3. The molecule has 1 amide bonds. The second-order valence-corrected chi connectivity index (χ2v) is 5.66. The molecule has 20 heavy (non-hydrogen) atoms. The summed E-state index contributed by atoms with van der Waals surface area (Å²) in [6.07, 6.45) is -0.431. The zero-order chi connectivity index (χ0) is 14.7. The zero-order valence-electron chi connectivity index (χ0n) is 12.8. The molecule has 0 aliphatic carbocycles. The molecule has 0 radical (unpaired) electrons. The number of likely N-dealkylation sites (N-methyl/N-ethyl adjacent to an activating group) is 1. The summed E-state index contributed by atoms with van der Waals surface area (Å²) in [7, 11) is 2.08. The lowest BCUT2D eigenvalue weighted by molar-refractivity contribution is -0.139. The maximum atomic E-state index is 12.4. The highest BCUT2D eigenvalue weighted by Crippen LogP contribution is 2.20. The molecule has 1 aromatic carbocycles. The third-order valence-electron chi connectivity index (χ3n) is 3.80. The van der Waals surface area contributed by atoms with Gasteiger partial charge in [-0.2, -0.15) is 0 Å². The molecule has 0 saturated carbocycles. The van der Waals surface area contributed by atoms with E-state index in [2.05, 4.69) is 24.9 Å². The molecule has 110 valence electrons. The van der Waals surface area contributed by atoms with E-state index >= 15 is 0 Å². The summed E-state index contributed by atoms with van der Waals surface area (Å²) >= 11 is 0. The molecule has 0 aromatic heterocycles. The summed E-state index contributed by atoms with van der Waals surface area (Å²) in [5, 5.41) is 0. The predicted octanol–water partition coefficient (Wildman–Crippen LogP) is 1.84. The number of carbonyl (C=O) groups excluding carboxylic acids is 1. The molecular weight excluding hydrogens is 252 g/mol. The van der Waals surface area contributed by atoms with Crippen molar-refractivity contribution < 1.29 is 9.53 Å². The van der Waals surface area contributed by atoms with E-state index in [4.69, 9.17) is 4.74 Å². The van der Waals surface area contributed by atoms with Crippen LogP contribution in [0.25, 0.3) is 0 Å². The number of ether oxygens (including phenoxy) is 1. The molecule has 4 nitrogen and oxygen atoms in total. The molecule has 1 saturated heterocycles. The smallest absolute Gasteiger partial charge is 0.263 e. The van der Waals surface area contributed by atoms with Gasteiger partial charge >= 0.3 is 0 Å². The van der Waals surface area contributed by atoms with Crippen LogP contribution in [0.15, 0.2) is 18.2 Å². The van der Waals surface area contributed by atoms with Crippen LogP contribution in [0.4, 0.5) is 0 Å². The molecule has 0 N–H and O–H groups in total. The summed E-state index contributed by atoms with van der Waals surface area (Å²) in [5.74, 6) is 0.878. The molecule has 1 aromatic rings. The molecule has 1 aliphatic rings. The van der Waals surface area contributed by atoms with Gasteiger partial charge < -0.3 is 14.5 Å². The average Bonchev–Trinajstić information content (AvgIpc) is 2.42. The molecule has 4 heteroatoms. The van der Waals surface area contributed by atoms with Crippen molar-refractivity contribution in [2.45, 2.75) is 26.9 Å². The zero-order valence-corrected chi connectivity index (χ0v) is 12.8. The minimum absolute atomic E-state index is 0.0816. The number of amides is 1. The van der Waals surface area contributed by atoms with Crippen molar-refractivity contribution in [1.29, 1.82) is 0 Å². The van der Waals surface area contributed by atoms with Crippen molar-refractivity contribution >= 4 is 5.91 Å². The maximum Gasteiger partial charge on any atom is 0.263 e. The van der Waals surface area contributed by atoms with E-state index in [-0.39, 0.29) is 5.91 Å². The number of piperazine rings is 1. The first-order valence-corrected chi connectivity index (χ1v) is 7.18. The summed E-state index contributed by atoms with van der Waals surface area (Å²) in [5.41, 5.74) is 2.27. The van der Waals surface area contributed by atoms with Crippen LogP contribution in [0.2, 0.25) is 0 Å². The molecular formula is C16H24N2O2. The minimum atomic E-state index is -0.431. The van der Waals surface area contributed by atoms with Crippen LogP contribution in [-0.4, -0.2) is 55.0 Å². The van der Waals surface area contributed by atoms with Crippen molar-refractivity contribution in [3.8, 4) is 5.75 Å². The van der Waals surface area contributed by atoms with Crippen LogP contribution in [0.3, 0.4) is 0 Å². The van der Waals surface area contributed by atoms with Gasteiger partial charge in [0.15, 0.2) is 6.10 Å². The third kappa shape index (κ3) is 3.51. The monoisotopic (exact) mass is 276 g/mol. The molecule has 1 aliphatic heterocycles. The van der Waals surface area contributed by atoms with Crippen molar-refractivity contribution in [3.63, 3.8) is 0 Å². The first-order valence-electron chi connectivity index (χ1n) is 7.18. The lowest BCUT2D eigenvalue weighted by Gasteiger charge is -2.34. The Morgan fingerprint density at radius 3 is 2.45 bits per heavy atom. The summed E-state index contributed by atoms with van der Waals surface area (Å²) in [6, 6.07) is 6.02. The quantitative estimate of drug-likeness (QED) is 0.844. The van der Waals surface area contributed by atoms with Crippen LogP contribution in [-0.2, 0) is 4.79 Å². The Hall–Kier alpha value is -1.55. The van der Waals surface area contributed by atoms with E-state index in [9.17, 15) is 4.79 Å². The van der Waals surface area contributed by atoms with Crippen molar-refractivity contribution in [1.82, 2.24) is 9.80 Å². The first-order chi connectivity index (χ1) is 9.47. The Kier molecular flexibility index (Phi) is 4.65. The fourth-order valence-corrected chi connectivity index (χ4v) is 2.46. The van der Waals surface area contributed by atoms with Gasteiger partial charge in [0.2, 0.25) is 0 Å². The maximum absolute atomic E-state index is 12.4. The Morgan fingerprint density at radius 2 is 1.85 bits per heavy atom. The van der Waals surface area contributed by atoms with E-state index < -0.39 is 6.10 Å². The van der Waals surface area contributed by atoms with Crippen molar-refractivity contribution in [3.05, 3.63) is 29.3 Å². The highest BCUT2D eigenvalue weighted by molar-refractivity contribution is 5.81. The van der Waals surface area contributed by atoms with Gasteiger partial charge in [-0.05, 0) is 39.4 Å². The van der Waals surface area contributed by atoms with Gasteiger partial charge in [-0.3, -0.25) is 4.79 Å². The molecule has 1 heterocycles. The van der Waals surface area contributed by atoms with Crippen LogP contribution >= 0.6 is 0 Å². The number of rotatable bonds is 3. The number of hydrogen-bond donors (Lipinski definition) is 0. The van der Waals surface area contributed by atoms with Gasteiger partial charge in [-0.15, -0.1) is 0 Å². The summed E-state index contributed by atoms with van der Waals surface area (Å²) < 4.78 is 5.84. The van der Waals surface area contributed by atoms with E-state index in [0.29, 0.717) is 0 Å². The minimum Gasteiger partial charge on any atom is -0.481 e. The lowest BCUT2D eigenvalue weighted by atomic mass is 10.1. The second-order valence-electron chi connectivity index (χ2n) is 5.66. The lowest BCUT2D eigenvalue weighted by Crippen LogP contribution is -2.50. The van der Waals surface area contributed by atoms with E-state index in [1.54, 1.807) is 0 Å². The average molecular weight is 276 g/mol. The molecule has 0 unspecified atom stereocenters. The summed E-state index contributed by atoms with van der Waals surface area (Å²) in [4.78, 5) is 16.5. The van der Waals surface area contributed by atoms with Crippen LogP contribution < -0.4 is 4.74 Å². The van der Waals surface area contributed by atoms with Gasteiger partial charge in [-0.25, -0.2) is 0 Å². The highest BCUT2D eigenvalue weighted by Gasteiger charge is 2.25. The van der Waals surface area contributed by atoms with Gasteiger partial charge in [0.05, 0.1) is 0 Å². The fourth-order valence-electron chi connectivity index (χ4n) is 2.46. The molecule has 0 spiro atoms. The fraction of sp³-hybridized carbons (Fsp3) is 0.562. The normalized spacial score (nSPS) is 17.9. The number of benzene rings is 1. The van der Waals surface area contributed by atoms with E-state index in [1.807, 2.05) is 30.9 Å². The SMILES string of the molecule is Cc1ccc(O[C@@H](C)C(=O)N2CCN(C)CC2)c(C)c1. The molecule has 1 fully saturated rings. The molecule has 0 bridgehead atoms. The van der Waals surface area contributed by atoms with Crippen LogP contribution in [0.5, 0.6) is 5.75 Å². The van der Waals surface area contributed by atoms with Gasteiger partial charge in [0.1, 0.15) is 5.75 Å². The van der Waals surface area contributed by atoms with Crippen LogP contribution in [0.1, 0.15) is 18.1 Å². The Labute approximate surface area is 121 Å². The van der Waals surface area contributed by atoms with Crippen molar-refractivity contribution in [2.75, 3.05) is 33.2 Å². The second kappa shape index (κ2) is 6.27. The molecule has 2 rings (SSSR count). The number of aryl methyl sites for hydroxylation is 2. The Bertz CT molecular complexity index is 479. The topological polar surface area (TPSA) is 32.8 Å². The first kappa shape index (κ1) is 14.9. The highest BCUT2D eigenvalue weighted by atomic mass is 16.5. The number of carbonyl (C=O) groups is 1. The number of nitrogens with zero attached hydrogens (tertiary/aromatic N) is 2. The third-order valence-corrected chi connectivity index (χ3v) is 3.80. The Balaban J connectivity index is 1.97. The van der Waals surface area contributed by atoms with Crippen molar-refractivity contribution in [2.24, 2.45) is 0 Å². The molecule has 1 atom stereocenters. The predicted molar refractivity (Wildman–Crippen MR) is 80.1 cm³/mol. The Morgan fingerprint density at radius 1 is 1.20 bits per heavy atom. The van der Waals surface area contributed by atoms with Gasteiger partial charge in [0, 0.05) is 26.2 Å². The van der Waals surface area contributed by atoms with Gasteiger partial charge in [0.25, 0.3) is 5.91 Å². The van der Waals surface area contributed by atoms with E-state index in [0.717, 1.165) is 37.5 Å². The van der Waals surface area contributed by atoms with Crippen LogP contribution in [0, 0.1) is 13.8 Å². The van der Waals surface area contributed by atoms with E-state index in [1.165, 1.54) is 5.56 Å². The summed E-state index contributed by atoms with van der Waals surface area (Å²) in [6.45, 7) is 9.33. The largest absolute Gasteiger partial charge is 0.481 e. The van der Waals surface area contributed by atoms with Gasteiger partial charge in [-0.1, -0.05) is 17.7 Å². The standard InChI is InChI=1S/C16H24N2O2/c1-12-5-6-15(13(2)11-12)20-14(3)16(19)18-9-7-17(4)8-10-18/h5-6,11,14H,7-10H2,1-4H3/t14-/m0/s1.